The van der Waals surface area contributed by atoms with Crippen molar-refractivity contribution in [2.75, 3.05) is 22.0 Å². The molecule has 1 aromatic rings. The normalized spacial score (nSPS) is 17.3. The Morgan fingerprint density at radius 1 is 1.43 bits per heavy atom. The molecule has 0 atom stereocenters. The molecule has 8 nitrogen and oxygen atoms in total. The van der Waals surface area contributed by atoms with Crippen molar-refractivity contribution < 1.29 is 8.42 Å². The van der Waals surface area contributed by atoms with E-state index >= 15 is 0 Å². The topological polar surface area (TPSA) is 135 Å². The summed E-state index contributed by atoms with van der Waals surface area (Å²) < 4.78 is 25.0. The van der Waals surface area contributed by atoms with Gasteiger partial charge in [-0.25, -0.2) is 8.42 Å². The third-order valence-corrected chi connectivity index (χ3v) is 4.78. The molecule has 21 heavy (non-hydrogen) atoms. The van der Waals surface area contributed by atoms with Gasteiger partial charge in [-0.3, -0.25) is 15.1 Å². The van der Waals surface area contributed by atoms with E-state index in [2.05, 4.69) is 10.5 Å². The highest BCUT2D eigenvalue weighted by molar-refractivity contribution is 7.93. The van der Waals surface area contributed by atoms with Gasteiger partial charge in [0.15, 0.2) is 5.84 Å². The molecular formula is C12H14N6O2S. The minimum Gasteiger partial charge on any atom is -0.382 e. The van der Waals surface area contributed by atoms with Crippen molar-refractivity contribution in [3.05, 3.63) is 24.3 Å². The Balaban J connectivity index is 2.13. The van der Waals surface area contributed by atoms with Crippen LogP contribution in [0.15, 0.2) is 29.4 Å². The second-order valence-electron chi connectivity index (χ2n) is 4.39. The number of benzene rings is 1. The summed E-state index contributed by atoms with van der Waals surface area (Å²) in [6.07, 6.45) is 0.622. The fraction of sp³-hybridized carbons (Fsp3) is 0.250. The Hall–Kier alpha value is -2.60. The van der Waals surface area contributed by atoms with Gasteiger partial charge in [-0.15, -0.1) is 0 Å². The number of amidine groups is 1. The summed E-state index contributed by atoms with van der Waals surface area (Å²) in [5.41, 5.74) is 8.69. The van der Waals surface area contributed by atoms with Gasteiger partial charge in [0.05, 0.1) is 17.1 Å². The number of anilines is 2. The van der Waals surface area contributed by atoms with Crippen molar-refractivity contribution in [1.82, 2.24) is 0 Å². The molecule has 9 heteroatoms. The van der Waals surface area contributed by atoms with Crippen LogP contribution in [0, 0.1) is 16.7 Å². The van der Waals surface area contributed by atoms with Crippen LogP contribution < -0.4 is 15.5 Å². The number of hydrazone groups is 1. The number of nitrogens with zero attached hydrogens (tertiary/aromatic N) is 3. The molecule has 0 spiro atoms. The van der Waals surface area contributed by atoms with Crippen LogP contribution in [0.5, 0.6) is 0 Å². The third kappa shape index (κ3) is 3.29. The Labute approximate surface area is 122 Å². The van der Waals surface area contributed by atoms with Crippen LogP contribution in [0.4, 0.5) is 11.4 Å². The number of sulfonamides is 1. The zero-order valence-corrected chi connectivity index (χ0v) is 11.9. The molecule has 1 fully saturated rings. The van der Waals surface area contributed by atoms with Gasteiger partial charge in [0.25, 0.3) is 0 Å². The van der Waals surface area contributed by atoms with E-state index in [-0.39, 0.29) is 11.5 Å². The molecule has 1 saturated heterocycles. The Morgan fingerprint density at radius 2 is 2.10 bits per heavy atom. The predicted octanol–water partition coefficient (Wildman–Crippen LogP) is 0.454. The van der Waals surface area contributed by atoms with Crippen molar-refractivity contribution in [2.45, 2.75) is 6.42 Å². The summed E-state index contributed by atoms with van der Waals surface area (Å²) in [4.78, 5) is 0. The highest BCUT2D eigenvalue weighted by Crippen LogP contribution is 2.25. The van der Waals surface area contributed by atoms with Gasteiger partial charge in [0, 0.05) is 6.54 Å². The van der Waals surface area contributed by atoms with Gasteiger partial charge < -0.3 is 5.73 Å². The quantitative estimate of drug-likeness (QED) is 0.421. The van der Waals surface area contributed by atoms with Gasteiger partial charge in [-0.2, -0.15) is 10.4 Å². The zero-order chi connectivity index (χ0) is 15.5. The first-order chi connectivity index (χ1) is 9.94. The highest BCUT2D eigenvalue weighted by atomic mass is 32.2. The number of hydrogen-bond acceptors (Lipinski definition) is 6. The van der Waals surface area contributed by atoms with Gasteiger partial charge in [-0.1, -0.05) is 0 Å². The van der Waals surface area contributed by atoms with E-state index in [1.807, 2.05) is 0 Å². The van der Waals surface area contributed by atoms with E-state index in [4.69, 9.17) is 16.4 Å². The fourth-order valence-corrected chi connectivity index (χ4v) is 3.46. The van der Waals surface area contributed by atoms with E-state index in [9.17, 15) is 8.42 Å². The molecule has 0 unspecified atom stereocenters. The van der Waals surface area contributed by atoms with Crippen LogP contribution in [-0.4, -0.2) is 32.3 Å². The number of hydrogen-bond donors (Lipinski definition) is 3. The van der Waals surface area contributed by atoms with E-state index in [1.165, 1.54) is 4.31 Å². The summed E-state index contributed by atoms with van der Waals surface area (Å²) in [6, 6.07) is 8.28. The smallest absolute Gasteiger partial charge is 0.235 e. The first-order valence-electron chi connectivity index (χ1n) is 6.13. The van der Waals surface area contributed by atoms with E-state index in [1.54, 1.807) is 30.3 Å². The number of nitriles is 1. The maximum Gasteiger partial charge on any atom is 0.235 e. The molecule has 2 rings (SSSR count). The molecule has 0 bridgehead atoms. The monoisotopic (exact) mass is 306 g/mol. The van der Waals surface area contributed by atoms with Gasteiger partial charge in [0.2, 0.25) is 15.7 Å². The zero-order valence-electron chi connectivity index (χ0n) is 11.1. The Morgan fingerprint density at radius 3 is 2.57 bits per heavy atom. The van der Waals surface area contributed by atoms with Crippen molar-refractivity contribution in [3.8, 4) is 6.07 Å². The molecule has 110 valence electrons. The van der Waals surface area contributed by atoms with Crippen LogP contribution in [0.3, 0.4) is 0 Å². The third-order valence-electron chi connectivity index (χ3n) is 2.91. The van der Waals surface area contributed by atoms with Crippen LogP contribution in [0.2, 0.25) is 0 Å². The van der Waals surface area contributed by atoms with E-state index in [0.717, 1.165) is 0 Å². The maximum atomic E-state index is 11.8. The van der Waals surface area contributed by atoms with Crippen LogP contribution in [0.25, 0.3) is 0 Å². The molecule has 1 heterocycles. The first kappa shape index (κ1) is 14.8. The molecule has 0 saturated carbocycles. The largest absolute Gasteiger partial charge is 0.382 e. The van der Waals surface area contributed by atoms with E-state index in [0.29, 0.717) is 24.3 Å². The highest BCUT2D eigenvalue weighted by Gasteiger charge is 2.28. The van der Waals surface area contributed by atoms with Crippen LogP contribution >= 0.6 is 0 Å². The summed E-state index contributed by atoms with van der Waals surface area (Å²) in [5.74, 6) is -0.258. The second-order valence-corrected chi connectivity index (χ2v) is 6.40. The Kier molecular flexibility index (Phi) is 4.09. The molecule has 1 aliphatic heterocycles. The maximum absolute atomic E-state index is 11.8. The van der Waals surface area contributed by atoms with Crippen molar-refractivity contribution >= 4 is 32.9 Å². The standard InChI is InChI=1S/C12H14N6O2S/c13-8-11(12(14)15)17-16-9-2-4-10(5-3-9)18-6-1-7-21(18,19)20/h2-5,16H,1,6-7H2,(H3,14,15)/b17-11+. The lowest BCUT2D eigenvalue weighted by Gasteiger charge is -2.16. The summed E-state index contributed by atoms with van der Waals surface area (Å²) in [7, 11) is -3.20. The van der Waals surface area contributed by atoms with Crippen LogP contribution in [0.1, 0.15) is 6.42 Å². The summed E-state index contributed by atoms with van der Waals surface area (Å²) in [5, 5.41) is 19.5. The molecule has 4 N–H and O–H groups in total. The predicted molar refractivity (Wildman–Crippen MR) is 80.8 cm³/mol. The lowest BCUT2D eigenvalue weighted by atomic mass is 10.3. The number of nitrogens with two attached hydrogens (primary N) is 1. The lowest BCUT2D eigenvalue weighted by molar-refractivity contribution is 0.599. The van der Waals surface area contributed by atoms with Crippen molar-refractivity contribution in [1.29, 1.82) is 10.7 Å². The first-order valence-corrected chi connectivity index (χ1v) is 7.73. The van der Waals surface area contributed by atoms with Crippen LogP contribution in [-0.2, 0) is 10.0 Å². The van der Waals surface area contributed by atoms with Crippen molar-refractivity contribution in [2.24, 2.45) is 10.8 Å². The second kappa shape index (κ2) is 5.80. The molecule has 0 aliphatic carbocycles. The minimum absolute atomic E-state index is 0.168. The van der Waals surface area contributed by atoms with Crippen molar-refractivity contribution in [3.63, 3.8) is 0 Å². The minimum atomic E-state index is -3.20. The Bertz CT molecular complexity index is 717. The molecule has 1 aliphatic rings. The SMILES string of the molecule is N#C/C(=N\Nc1ccc(N2CCCS2(=O)=O)cc1)C(=N)N. The van der Waals surface area contributed by atoms with Gasteiger partial charge in [0.1, 0.15) is 6.07 Å². The van der Waals surface area contributed by atoms with Gasteiger partial charge >= 0.3 is 0 Å². The van der Waals surface area contributed by atoms with E-state index < -0.39 is 15.9 Å². The summed E-state index contributed by atoms with van der Waals surface area (Å²) in [6.45, 7) is 0.482. The average Bonchev–Trinajstić information content (AvgIpc) is 2.79. The molecule has 0 radical (unpaired) electrons. The molecule has 1 aromatic carbocycles. The summed E-state index contributed by atoms with van der Waals surface area (Å²) >= 11 is 0. The molecule has 0 aromatic heterocycles. The number of nitrogens with one attached hydrogen (secondary N) is 2. The lowest BCUT2D eigenvalue weighted by Crippen LogP contribution is -2.24. The molecule has 0 amide bonds. The average molecular weight is 306 g/mol. The number of rotatable bonds is 4. The van der Waals surface area contributed by atoms with Gasteiger partial charge in [-0.05, 0) is 30.7 Å². The fourth-order valence-electron chi connectivity index (χ4n) is 1.90. The molecular weight excluding hydrogens is 292 g/mol.